The van der Waals surface area contributed by atoms with E-state index >= 15 is 0 Å². The third kappa shape index (κ3) is 5.73. The van der Waals surface area contributed by atoms with Crippen LogP contribution in [0.2, 0.25) is 5.02 Å². The van der Waals surface area contributed by atoms with E-state index in [9.17, 15) is 9.59 Å². The second-order valence-corrected chi connectivity index (χ2v) is 6.71. The fourth-order valence-corrected chi connectivity index (χ4v) is 2.96. The summed E-state index contributed by atoms with van der Waals surface area (Å²) < 4.78 is 10.5. The number of rotatable bonds is 8. The van der Waals surface area contributed by atoms with Crippen molar-refractivity contribution < 1.29 is 19.1 Å². The minimum atomic E-state index is -0.458. The van der Waals surface area contributed by atoms with Crippen LogP contribution >= 0.6 is 11.6 Å². The van der Waals surface area contributed by atoms with Crippen LogP contribution in [0.5, 0.6) is 5.75 Å². The first kappa shape index (κ1) is 20.8. The zero-order valence-corrected chi connectivity index (χ0v) is 16.5. The van der Waals surface area contributed by atoms with Crippen molar-refractivity contribution in [1.82, 2.24) is 0 Å². The van der Waals surface area contributed by atoms with Gasteiger partial charge >= 0.3 is 5.97 Å². The summed E-state index contributed by atoms with van der Waals surface area (Å²) in [7, 11) is 1.50. The summed E-state index contributed by atoms with van der Waals surface area (Å²) in [5.74, 6) is -0.717. The van der Waals surface area contributed by atoms with Gasteiger partial charge in [-0.3, -0.25) is 9.59 Å². The molecule has 0 heterocycles. The molecule has 0 aliphatic carbocycles. The number of carbonyl (C=O) groups excluding carboxylic acids is 2. The molecule has 0 fully saturated rings. The van der Waals surface area contributed by atoms with Crippen LogP contribution in [-0.2, 0) is 14.3 Å². The number of amides is 1. The van der Waals surface area contributed by atoms with Crippen LogP contribution in [0.1, 0.15) is 31.7 Å². The van der Waals surface area contributed by atoms with Crippen LogP contribution in [0.3, 0.4) is 0 Å². The summed E-state index contributed by atoms with van der Waals surface area (Å²) >= 11 is 5.95. The van der Waals surface area contributed by atoms with Crippen LogP contribution in [0, 0.1) is 5.92 Å². The lowest BCUT2D eigenvalue weighted by molar-refractivity contribution is -0.150. The van der Waals surface area contributed by atoms with Crippen LogP contribution in [0.15, 0.2) is 48.5 Å². The Bertz CT molecular complexity index is 779. The fraction of sp³-hybridized carbons (Fsp3) is 0.333. The number of ether oxygens (including phenoxy) is 2. The van der Waals surface area contributed by atoms with E-state index in [-0.39, 0.29) is 12.5 Å². The minimum Gasteiger partial charge on any atom is -0.495 e. The van der Waals surface area contributed by atoms with Gasteiger partial charge < -0.3 is 14.8 Å². The molecule has 0 aliphatic rings. The molecule has 5 nitrogen and oxygen atoms in total. The maximum absolute atomic E-state index is 12.6. The Morgan fingerprint density at radius 1 is 1.15 bits per heavy atom. The van der Waals surface area contributed by atoms with Crippen molar-refractivity contribution in [2.75, 3.05) is 19.0 Å². The molecular formula is C21H24ClNO4. The molecule has 0 radical (unpaired) electrons. The zero-order chi connectivity index (χ0) is 19.8. The highest BCUT2D eigenvalue weighted by Gasteiger charge is 2.27. The number of anilines is 1. The summed E-state index contributed by atoms with van der Waals surface area (Å²) in [4.78, 5) is 24.8. The predicted molar refractivity (Wildman–Crippen MR) is 106 cm³/mol. The quantitative estimate of drug-likeness (QED) is 0.667. The van der Waals surface area contributed by atoms with E-state index in [4.69, 9.17) is 21.1 Å². The van der Waals surface area contributed by atoms with Gasteiger partial charge in [-0.1, -0.05) is 62.2 Å². The first-order chi connectivity index (χ1) is 13.0. The molecule has 0 aromatic heterocycles. The number of nitrogens with one attached hydrogen (secondary N) is 1. The first-order valence-electron chi connectivity index (χ1n) is 8.81. The summed E-state index contributed by atoms with van der Waals surface area (Å²) in [6, 6.07) is 14.3. The van der Waals surface area contributed by atoms with Gasteiger partial charge in [-0.25, -0.2) is 0 Å². The topological polar surface area (TPSA) is 64.6 Å². The molecule has 0 aliphatic heterocycles. The zero-order valence-electron chi connectivity index (χ0n) is 15.7. The maximum Gasteiger partial charge on any atom is 0.314 e. The Morgan fingerprint density at radius 2 is 1.85 bits per heavy atom. The molecule has 1 N–H and O–H groups in total. The van der Waals surface area contributed by atoms with Crippen LogP contribution < -0.4 is 10.1 Å². The highest BCUT2D eigenvalue weighted by molar-refractivity contribution is 6.31. The lowest BCUT2D eigenvalue weighted by Crippen LogP contribution is -2.27. The van der Waals surface area contributed by atoms with Gasteiger partial charge in [-0.15, -0.1) is 0 Å². The van der Waals surface area contributed by atoms with E-state index in [1.807, 2.05) is 44.2 Å². The molecule has 0 bridgehead atoms. The Balaban J connectivity index is 2.02. The number of hydrogen-bond donors (Lipinski definition) is 1. The van der Waals surface area contributed by atoms with Crippen molar-refractivity contribution in [3.63, 3.8) is 0 Å². The third-order valence-electron chi connectivity index (χ3n) is 4.41. The van der Waals surface area contributed by atoms with E-state index in [1.54, 1.807) is 18.2 Å². The van der Waals surface area contributed by atoms with Gasteiger partial charge in [0.2, 0.25) is 0 Å². The van der Waals surface area contributed by atoms with Gasteiger partial charge in [-0.2, -0.15) is 0 Å². The molecule has 0 saturated carbocycles. The van der Waals surface area contributed by atoms with Gasteiger partial charge in [-0.05, 0) is 29.7 Å². The number of methoxy groups -OCH3 is 1. The van der Waals surface area contributed by atoms with E-state index in [0.29, 0.717) is 16.5 Å². The van der Waals surface area contributed by atoms with Gasteiger partial charge in [0.05, 0.1) is 18.7 Å². The Morgan fingerprint density at radius 3 is 2.48 bits per heavy atom. The largest absolute Gasteiger partial charge is 0.495 e. The van der Waals surface area contributed by atoms with E-state index < -0.39 is 17.8 Å². The van der Waals surface area contributed by atoms with Gasteiger partial charge in [0, 0.05) is 5.02 Å². The molecular weight excluding hydrogens is 366 g/mol. The molecule has 27 heavy (non-hydrogen) atoms. The Kier molecular flexibility index (Phi) is 7.67. The van der Waals surface area contributed by atoms with Crippen molar-refractivity contribution in [1.29, 1.82) is 0 Å². The molecule has 6 heteroatoms. The second kappa shape index (κ2) is 9.97. The average molecular weight is 390 g/mol. The molecule has 0 saturated heterocycles. The lowest BCUT2D eigenvalue weighted by Gasteiger charge is -2.21. The van der Waals surface area contributed by atoms with Crippen molar-refractivity contribution >= 4 is 29.2 Å². The highest BCUT2D eigenvalue weighted by atomic mass is 35.5. The molecule has 0 unspecified atom stereocenters. The van der Waals surface area contributed by atoms with Crippen molar-refractivity contribution in [3.05, 3.63) is 59.1 Å². The van der Waals surface area contributed by atoms with Crippen LogP contribution in [0.4, 0.5) is 5.69 Å². The highest BCUT2D eigenvalue weighted by Crippen LogP contribution is 2.29. The molecule has 2 aromatic carbocycles. The lowest BCUT2D eigenvalue weighted by atomic mass is 9.86. The molecule has 2 rings (SSSR count). The van der Waals surface area contributed by atoms with Crippen LogP contribution in [-0.4, -0.2) is 25.6 Å². The van der Waals surface area contributed by atoms with Crippen molar-refractivity contribution in [2.24, 2.45) is 5.92 Å². The van der Waals surface area contributed by atoms with Gasteiger partial charge in [0.25, 0.3) is 5.91 Å². The minimum absolute atomic E-state index is 0.0935. The Hall–Kier alpha value is -2.53. The Labute approximate surface area is 164 Å². The number of hydrogen-bond acceptors (Lipinski definition) is 4. The molecule has 2 aromatic rings. The normalized spacial score (nSPS) is 12.7. The van der Waals surface area contributed by atoms with E-state index in [2.05, 4.69) is 5.32 Å². The second-order valence-electron chi connectivity index (χ2n) is 6.27. The fourth-order valence-electron chi connectivity index (χ4n) is 2.78. The summed E-state index contributed by atoms with van der Waals surface area (Å²) in [6.07, 6.45) is 0.820. The summed E-state index contributed by atoms with van der Waals surface area (Å²) in [5.41, 5.74) is 1.31. The SMILES string of the molecule is CC[C@H](C)[C@@H](C(=O)OCC(=O)Nc1cc(Cl)ccc1OC)c1ccccc1. The summed E-state index contributed by atoms with van der Waals surface area (Å²) in [5, 5.41) is 3.12. The van der Waals surface area contributed by atoms with Crippen molar-refractivity contribution in [2.45, 2.75) is 26.2 Å². The summed E-state index contributed by atoms with van der Waals surface area (Å²) in [6.45, 7) is 3.64. The smallest absolute Gasteiger partial charge is 0.314 e. The van der Waals surface area contributed by atoms with Crippen molar-refractivity contribution in [3.8, 4) is 5.75 Å². The van der Waals surface area contributed by atoms with E-state index in [0.717, 1.165) is 12.0 Å². The number of benzene rings is 2. The third-order valence-corrected chi connectivity index (χ3v) is 4.64. The first-order valence-corrected chi connectivity index (χ1v) is 9.19. The molecule has 1 amide bonds. The predicted octanol–water partition coefficient (Wildman–Crippen LogP) is 4.66. The molecule has 144 valence electrons. The maximum atomic E-state index is 12.6. The molecule has 2 atom stereocenters. The van der Waals surface area contributed by atoms with E-state index in [1.165, 1.54) is 7.11 Å². The van der Waals surface area contributed by atoms with Gasteiger partial charge in [0.1, 0.15) is 5.75 Å². The number of halogens is 1. The standard InChI is InChI=1S/C21H24ClNO4/c1-4-14(2)20(15-8-6-5-7-9-15)21(25)27-13-19(24)23-17-12-16(22)10-11-18(17)26-3/h5-12,14,20H,4,13H2,1-3H3,(H,23,24)/t14-,20+/m0/s1. The number of carbonyl (C=O) groups is 2. The number of esters is 1. The monoisotopic (exact) mass is 389 g/mol. The van der Waals surface area contributed by atoms with Crippen LogP contribution in [0.25, 0.3) is 0 Å². The van der Waals surface area contributed by atoms with Gasteiger partial charge in [0.15, 0.2) is 6.61 Å². The average Bonchev–Trinajstić information content (AvgIpc) is 2.67. The molecule has 0 spiro atoms.